The summed E-state index contributed by atoms with van der Waals surface area (Å²) in [5, 5.41) is 11.5. The van der Waals surface area contributed by atoms with Crippen molar-refractivity contribution in [3.05, 3.63) is 42.1 Å². The van der Waals surface area contributed by atoms with Crippen LogP contribution in [0, 0.1) is 11.8 Å². The van der Waals surface area contributed by atoms with Crippen LogP contribution >= 0.6 is 0 Å². The van der Waals surface area contributed by atoms with E-state index >= 15 is 0 Å². The second kappa shape index (κ2) is 9.89. The molecule has 3 aromatic heterocycles. The smallest absolute Gasteiger partial charge is 0.254 e. The molecule has 40 heavy (non-hydrogen) atoms. The highest BCUT2D eigenvalue weighted by Gasteiger charge is 2.40. The molecule has 4 aromatic rings. The third-order valence-corrected chi connectivity index (χ3v) is 9.18. The number of hydrogen-bond acceptors (Lipinski definition) is 6. The largest absolute Gasteiger partial charge is 0.494 e. The summed E-state index contributed by atoms with van der Waals surface area (Å²) in [6.45, 7) is 10.3. The molecular weight excluding hydrogens is 504 g/mol. The number of fused-ring (bicyclic) bond motifs is 2. The highest BCUT2D eigenvalue weighted by Crippen LogP contribution is 2.42. The summed E-state index contributed by atoms with van der Waals surface area (Å²) in [6.07, 6.45) is 4.22. The molecular formula is C31H40N6O3. The number of nitrogens with zero attached hydrogens (tertiary/aromatic N) is 5. The molecule has 9 heteroatoms. The lowest BCUT2D eigenvalue weighted by Gasteiger charge is -2.41. The van der Waals surface area contributed by atoms with E-state index < -0.39 is 5.60 Å². The molecule has 4 heterocycles. The first kappa shape index (κ1) is 26.8. The van der Waals surface area contributed by atoms with Crippen LogP contribution < -0.4 is 10.5 Å². The highest BCUT2D eigenvalue weighted by atomic mass is 16.5. The number of aromatic nitrogens is 4. The maximum absolute atomic E-state index is 13.8. The minimum Gasteiger partial charge on any atom is -0.494 e. The minimum atomic E-state index is -0.628. The molecule has 1 saturated heterocycles. The van der Waals surface area contributed by atoms with Crippen molar-refractivity contribution in [2.75, 3.05) is 13.7 Å². The average Bonchev–Trinajstić information content (AvgIpc) is 3.57. The molecule has 2 fully saturated rings. The predicted molar refractivity (Wildman–Crippen MR) is 156 cm³/mol. The Morgan fingerprint density at radius 2 is 2.00 bits per heavy atom. The number of rotatable bonds is 7. The van der Waals surface area contributed by atoms with Crippen molar-refractivity contribution in [3.8, 4) is 17.3 Å². The predicted octanol–water partition coefficient (Wildman–Crippen LogP) is 4.44. The van der Waals surface area contributed by atoms with Crippen LogP contribution in [-0.2, 0) is 13.1 Å². The first-order chi connectivity index (χ1) is 19.2. The summed E-state index contributed by atoms with van der Waals surface area (Å²) in [5.41, 5.74) is 9.85. The lowest BCUT2D eigenvalue weighted by molar-refractivity contribution is -0.0613. The number of ether oxygens (including phenoxy) is 1. The van der Waals surface area contributed by atoms with Crippen molar-refractivity contribution < 1.29 is 14.6 Å². The Hall–Kier alpha value is -3.43. The topological polar surface area (TPSA) is 111 Å². The third kappa shape index (κ3) is 4.27. The summed E-state index contributed by atoms with van der Waals surface area (Å²) in [4.78, 5) is 25.5. The van der Waals surface area contributed by atoms with Gasteiger partial charge in [0.25, 0.3) is 5.91 Å². The fraction of sp³-hybridized carbons (Fsp3) is 0.516. The number of carbonyl (C=O) groups excluding carboxylic acids is 1. The molecule has 0 spiro atoms. The van der Waals surface area contributed by atoms with Crippen molar-refractivity contribution in [2.45, 2.75) is 77.7 Å². The van der Waals surface area contributed by atoms with E-state index in [1.807, 2.05) is 43.1 Å². The highest BCUT2D eigenvalue weighted by molar-refractivity contribution is 6.00. The number of pyridine rings is 1. The van der Waals surface area contributed by atoms with E-state index in [1.54, 1.807) is 7.11 Å². The Morgan fingerprint density at radius 1 is 1.23 bits per heavy atom. The maximum Gasteiger partial charge on any atom is 0.254 e. The van der Waals surface area contributed by atoms with Gasteiger partial charge >= 0.3 is 0 Å². The van der Waals surface area contributed by atoms with Crippen LogP contribution in [0.5, 0.6) is 5.75 Å². The fourth-order valence-corrected chi connectivity index (χ4v) is 7.02. The van der Waals surface area contributed by atoms with E-state index in [-0.39, 0.29) is 18.0 Å². The van der Waals surface area contributed by atoms with Crippen molar-refractivity contribution in [3.63, 3.8) is 0 Å². The van der Waals surface area contributed by atoms with Crippen LogP contribution in [0.3, 0.4) is 0 Å². The number of benzene rings is 1. The molecule has 1 aliphatic heterocycles. The van der Waals surface area contributed by atoms with Crippen LogP contribution in [0.15, 0.2) is 36.5 Å². The van der Waals surface area contributed by atoms with Crippen LogP contribution in [-0.4, -0.2) is 66.4 Å². The fourth-order valence-electron chi connectivity index (χ4n) is 7.02. The van der Waals surface area contributed by atoms with E-state index in [4.69, 9.17) is 15.5 Å². The van der Waals surface area contributed by atoms with Gasteiger partial charge in [-0.15, -0.1) is 0 Å². The Kier molecular flexibility index (Phi) is 6.62. The van der Waals surface area contributed by atoms with Gasteiger partial charge in [0.2, 0.25) is 0 Å². The third-order valence-electron chi connectivity index (χ3n) is 9.18. The van der Waals surface area contributed by atoms with Gasteiger partial charge < -0.3 is 29.6 Å². The van der Waals surface area contributed by atoms with E-state index in [2.05, 4.69) is 40.1 Å². The number of methoxy groups -OCH3 is 1. The van der Waals surface area contributed by atoms with Crippen LogP contribution in [0.2, 0.25) is 0 Å². The van der Waals surface area contributed by atoms with Gasteiger partial charge in [0, 0.05) is 48.9 Å². The first-order valence-corrected chi connectivity index (χ1v) is 14.5. The van der Waals surface area contributed by atoms with Crippen molar-refractivity contribution in [1.29, 1.82) is 0 Å². The molecule has 1 aromatic carbocycles. The minimum absolute atomic E-state index is 0.0327. The number of amides is 1. The molecule has 0 bridgehead atoms. The lowest BCUT2D eigenvalue weighted by Crippen LogP contribution is -2.42. The molecule has 1 aliphatic carbocycles. The number of nitrogens with two attached hydrogens (primary N) is 1. The van der Waals surface area contributed by atoms with Crippen LogP contribution in [0.25, 0.3) is 33.6 Å². The summed E-state index contributed by atoms with van der Waals surface area (Å²) in [6, 6.07) is 9.82. The summed E-state index contributed by atoms with van der Waals surface area (Å²) < 4.78 is 10.3. The van der Waals surface area contributed by atoms with Crippen molar-refractivity contribution >= 4 is 28.0 Å². The zero-order chi connectivity index (χ0) is 28.3. The number of aryl methyl sites for hydroxylation is 1. The van der Waals surface area contributed by atoms with Gasteiger partial charge in [-0.3, -0.25) is 4.79 Å². The lowest BCUT2D eigenvalue weighted by atomic mass is 9.72. The second-order valence-electron chi connectivity index (χ2n) is 12.0. The van der Waals surface area contributed by atoms with E-state index in [1.165, 1.54) is 0 Å². The molecule has 212 valence electrons. The summed E-state index contributed by atoms with van der Waals surface area (Å²) in [7, 11) is 1.64. The number of aliphatic hydroxyl groups is 1. The van der Waals surface area contributed by atoms with Crippen molar-refractivity contribution in [2.24, 2.45) is 17.6 Å². The standard InChI is InChI=1S/C31H40N6O3/c1-6-20-17-36(18(3)26(20)32)30(38)22-11-23-27(25(13-22)40-5)37(16-19-14-31(4,39)15-19)29(34-23)24-12-21-9-8-10-33-28(21)35(24)7-2/h8-13,18-20,26,39H,6-7,14-17,32H2,1-5H3. The molecule has 3 N–H and O–H groups in total. The normalized spacial score (nSPS) is 26.5. The van der Waals surface area contributed by atoms with Crippen LogP contribution in [0.1, 0.15) is 57.3 Å². The zero-order valence-corrected chi connectivity index (χ0v) is 24.1. The van der Waals surface area contributed by atoms with Gasteiger partial charge in [0.1, 0.15) is 16.9 Å². The van der Waals surface area contributed by atoms with Gasteiger partial charge in [-0.1, -0.05) is 13.3 Å². The van der Waals surface area contributed by atoms with Gasteiger partial charge in [-0.25, -0.2) is 9.97 Å². The first-order valence-electron chi connectivity index (χ1n) is 14.5. The van der Waals surface area contributed by atoms with E-state index in [9.17, 15) is 9.90 Å². The van der Waals surface area contributed by atoms with Gasteiger partial charge in [0.15, 0.2) is 5.82 Å². The Bertz CT molecular complexity index is 1580. The van der Waals surface area contributed by atoms with E-state index in [0.29, 0.717) is 41.8 Å². The van der Waals surface area contributed by atoms with Gasteiger partial charge in [0.05, 0.1) is 23.9 Å². The number of carbonyl (C=O) groups is 1. The molecule has 1 saturated carbocycles. The molecule has 0 radical (unpaired) electrons. The number of imidazole rings is 1. The molecule has 6 rings (SSSR count). The quantitative estimate of drug-likeness (QED) is 0.356. The Morgan fingerprint density at radius 3 is 2.65 bits per heavy atom. The van der Waals surface area contributed by atoms with Crippen LogP contribution in [0.4, 0.5) is 0 Å². The van der Waals surface area contributed by atoms with Gasteiger partial charge in [-0.05, 0) is 75.8 Å². The molecule has 2 aliphatic rings. The molecule has 9 nitrogen and oxygen atoms in total. The SMILES string of the molecule is CCC1CN(C(=O)c2cc(OC)c3c(c2)nc(-c2cc4cccnc4n2CC)n3CC2CC(C)(O)C2)C(C)C1N. The van der Waals surface area contributed by atoms with Gasteiger partial charge in [-0.2, -0.15) is 0 Å². The second-order valence-corrected chi connectivity index (χ2v) is 12.0. The number of likely N-dealkylation sites (tertiary alicyclic amines) is 1. The summed E-state index contributed by atoms with van der Waals surface area (Å²) in [5.74, 6) is 1.99. The molecule has 1 amide bonds. The number of hydrogen-bond donors (Lipinski definition) is 2. The Balaban J connectivity index is 1.50. The Labute approximate surface area is 234 Å². The molecule has 3 unspecified atom stereocenters. The van der Waals surface area contributed by atoms with Crippen molar-refractivity contribution in [1.82, 2.24) is 24.0 Å². The maximum atomic E-state index is 13.8. The molecule has 3 atom stereocenters. The zero-order valence-electron chi connectivity index (χ0n) is 24.1. The van der Waals surface area contributed by atoms with E-state index in [0.717, 1.165) is 53.9 Å². The summed E-state index contributed by atoms with van der Waals surface area (Å²) >= 11 is 0. The average molecular weight is 545 g/mol. The monoisotopic (exact) mass is 544 g/mol.